The number of nitrogens with one attached hydrogen (secondary N) is 1. The largest absolute Gasteiger partial charge is 0.308 e. The van der Waals surface area contributed by atoms with Crippen LogP contribution in [0, 0.1) is 0 Å². The molecule has 0 fully saturated rings. The molecule has 2 unspecified atom stereocenters. The van der Waals surface area contributed by atoms with E-state index in [1.165, 1.54) is 28.2 Å². The smallest absolute Gasteiger partial charge is 0.281 e. The van der Waals surface area contributed by atoms with Gasteiger partial charge in [0.2, 0.25) is 0 Å². The maximum Gasteiger partial charge on any atom is 0.281 e. The fraction of sp³-hybridized carbons (Fsp3) is 0.327. The van der Waals surface area contributed by atoms with Gasteiger partial charge in [0.25, 0.3) is 11.1 Å². The number of hydrogen-bond acceptors (Lipinski definition) is 13. The van der Waals surface area contributed by atoms with Gasteiger partial charge in [0.1, 0.15) is 17.9 Å². The normalized spacial score (nSPS) is 12.2. The lowest BCUT2D eigenvalue weighted by molar-refractivity contribution is 0.112. The molecule has 17 heteroatoms. The van der Waals surface area contributed by atoms with E-state index in [-0.39, 0.29) is 23.2 Å². The number of fused-ring (bicyclic) bond motifs is 2. The zero-order valence-corrected chi connectivity index (χ0v) is 44.8. The van der Waals surface area contributed by atoms with Crippen LogP contribution in [0.15, 0.2) is 139 Å². The zero-order chi connectivity index (χ0) is 49.3. The molecule has 362 valence electrons. The number of likely N-dealkylation sites (N-methyl/N-ethyl adjacent to an activating group) is 2. The van der Waals surface area contributed by atoms with E-state index in [1.807, 2.05) is 77.4 Å². The molecule has 0 aliphatic rings. The first-order valence-corrected chi connectivity index (χ1v) is 26.2. The third-order valence-corrected chi connectivity index (χ3v) is 13.8. The molecule has 13 nitrogen and oxygen atoms in total. The van der Waals surface area contributed by atoms with Crippen molar-refractivity contribution in [2.45, 2.75) is 58.4 Å². The van der Waals surface area contributed by atoms with Gasteiger partial charge in [-0.15, -0.1) is 22.7 Å². The summed E-state index contributed by atoms with van der Waals surface area (Å²) in [4.78, 5) is 63.3. The second-order valence-corrected chi connectivity index (χ2v) is 20.4. The highest BCUT2D eigenvalue weighted by Gasteiger charge is 2.26. The number of carbonyl (C=O) groups is 1. The molecule has 0 bridgehead atoms. The lowest BCUT2D eigenvalue weighted by atomic mass is 10.1. The molecule has 0 aliphatic carbocycles. The second-order valence-electron chi connectivity index (χ2n) is 16.9. The van der Waals surface area contributed by atoms with Crippen molar-refractivity contribution in [3.63, 3.8) is 0 Å². The zero-order valence-electron chi connectivity index (χ0n) is 40.0. The molecule has 2 atom stereocenters. The van der Waals surface area contributed by atoms with Crippen LogP contribution in [0.5, 0.6) is 0 Å². The van der Waals surface area contributed by atoms with Crippen molar-refractivity contribution in [3.8, 4) is 0 Å². The number of carbonyl (C=O) groups excluding carboxylic acids is 1. The van der Waals surface area contributed by atoms with Crippen molar-refractivity contribution in [1.82, 2.24) is 49.1 Å². The highest BCUT2D eigenvalue weighted by atomic mass is 79.9. The average Bonchev–Trinajstić information content (AvgIpc) is 4.04. The van der Waals surface area contributed by atoms with Gasteiger partial charge in [-0.2, -0.15) is 0 Å². The summed E-state index contributed by atoms with van der Waals surface area (Å²) in [5, 5.41) is 3.55. The molecule has 0 saturated carbocycles. The molecule has 1 N–H and O–H groups in total. The summed E-state index contributed by atoms with van der Waals surface area (Å²) in [6, 6.07) is 35.8. The minimum absolute atomic E-state index is 0.00786. The molecule has 0 amide bonds. The molecule has 0 spiro atoms. The first-order chi connectivity index (χ1) is 33.4. The average molecular weight is 1100 g/mol. The van der Waals surface area contributed by atoms with Crippen LogP contribution < -0.4 is 16.4 Å². The fourth-order valence-electron chi connectivity index (χ4n) is 7.61. The number of benzene rings is 4. The summed E-state index contributed by atoms with van der Waals surface area (Å²) in [5.41, 5.74) is 8.26. The van der Waals surface area contributed by atoms with Gasteiger partial charge < -0.3 is 15.1 Å². The van der Waals surface area contributed by atoms with Gasteiger partial charge in [-0.1, -0.05) is 131 Å². The Morgan fingerprint density at radius 2 is 1.12 bits per heavy atom. The predicted octanol–water partition coefficient (Wildman–Crippen LogP) is 9.94. The van der Waals surface area contributed by atoms with Crippen LogP contribution in [0.1, 0.15) is 77.5 Å². The molecule has 8 aromatic rings. The number of halogens is 2. The van der Waals surface area contributed by atoms with E-state index in [0.29, 0.717) is 39.3 Å². The summed E-state index contributed by atoms with van der Waals surface area (Å²) >= 11 is 9.64. The van der Waals surface area contributed by atoms with E-state index in [1.54, 1.807) is 27.7 Å². The Hall–Kier alpha value is -5.11. The van der Waals surface area contributed by atoms with Crippen LogP contribution in [0.2, 0.25) is 0 Å². The Morgan fingerprint density at radius 3 is 1.59 bits per heavy atom. The van der Waals surface area contributed by atoms with Crippen molar-refractivity contribution in [1.29, 1.82) is 0 Å². The van der Waals surface area contributed by atoms with Gasteiger partial charge in [-0.3, -0.25) is 28.4 Å². The summed E-state index contributed by atoms with van der Waals surface area (Å²) in [7, 11) is 8.28. The maximum absolute atomic E-state index is 13.6. The quantitative estimate of drug-likeness (QED) is 0.0776. The van der Waals surface area contributed by atoms with E-state index < -0.39 is 0 Å². The highest BCUT2D eigenvalue weighted by molar-refractivity contribution is 9.10. The standard InChI is InChI=1S/C26H30BrN5OS.C19H25N5OS.C7H5BrO/c1-4-22(31(15-14-30(2)3)16-20-10-12-21(27)13-11-20)24-29-25-23(28-18-34-25)26(33)32(24)17-19-8-6-5-7-9-19;1-4-15(20-10-11-23(2)3)17-22-18-16(21-13-26-18)19(25)24(17)12-14-8-6-5-7-9-14;8-7-3-1-6(5-9)2-4-7/h5-13,18,22H,4,14-17H2,1-3H3;5-9,13,15,20H,4,10-12H2,1-3H3;1-5H. The lowest BCUT2D eigenvalue weighted by Gasteiger charge is -2.33. The van der Waals surface area contributed by atoms with Crippen LogP contribution in [-0.4, -0.2) is 104 Å². The topological polar surface area (TPSA) is 134 Å². The summed E-state index contributed by atoms with van der Waals surface area (Å²) in [5.74, 6) is 1.60. The van der Waals surface area contributed by atoms with E-state index >= 15 is 0 Å². The number of rotatable bonds is 19. The van der Waals surface area contributed by atoms with E-state index in [0.717, 1.165) is 83.6 Å². The molecule has 4 aromatic carbocycles. The molecule has 8 rings (SSSR count). The monoisotopic (exact) mass is 1090 g/mol. The third kappa shape index (κ3) is 15.2. The van der Waals surface area contributed by atoms with Crippen molar-refractivity contribution in [2.75, 3.05) is 54.4 Å². The van der Waals surface area contributed by atoms with Gasteiger partial charge >= 0.3 is 0 Å². The number of thiazole rings is 2. The molecular weight excluding hydrogens is 1040 g/mol. The molecule has 0 aliphatic heterocycles. The van der Waals surface area contributed by atoms with Crippen LogP contribution in [0.4, 0.5) is 0 Å². The van der Waals surface area contributed by atoms with Crippen LogP contribution in [-0.2, 0) is 19.6 Å². The Bertz CT molecular complexity index is 2940. The summed E-state index contributed by atoms with van der Waals surface area (Å²) in [6.07, 6.45) is 2.53. The number of hydrogen-bond donors (Lipinski definition) is 1. The van der Waals surface area contributed by atoms with E-state index in [4.69, 9.17) is 9.97 Å². The Balaban J connectivity index is 0.000000196. The van der Waals surface area contributed by atoms with Gasteiger partial charge in [0.05, 0.1) is 36.2 Å². The van der Waals surface area contributed by atoms with Crippen LogP contribution in [0.25, 0.3) is 20.7 Å². The van der Waals surface area contributed by atoms with E-state index in [2.05, 4.69) is 128 Å². The van der Waals surface area contributed by atoms with Gasteiger partial charge in [-0.25, -0.2) is 19.9 Å². The van der Waals surface area contributed by atoms with Crippen molar-refractivity contribution in [3.05, 3.63) is 184 Å². The SMILES string of the molecule is CCC(NCCN(C)C)c1nc2scnc2c(=O)n1Cc1ccccc1.CCC(c1nc2scnc2c(=O)n1Cc1ccccc1)N(CCN(C)C)Cc1ccc(Br)cc1.O=Cc1ccc(Br)cc1. The van der Waals surface area contributed by atoms with E-state index in [9.17, 15) is 14.4 Å². The Labute approximate surface area is 429 Å². The van der Waals surface area contributed by atoms with Gasteiger partial charge in [0, 0.05) is 47.2 Å². The highest BCUT2D eigenvalue weighted by Crippen LogP contribution is 2.28. The molecule has 0 radical (unpaired) electrons. The third-order valence-electron chi connectivity index (χ3n) is 11.3. The molecule has 4 aromatic heterocycles. The maximum atomic E-state index is 13.6. The minimum atomic E-state index is -0.0697. The lowest BCUT2D eigenvalue weighted by Crippen LogP contribution is -2.38. The molecule has 69 heavy (non-hydrogen) atoms. The van der Waals surface area contributed by atoms with Crippen molar-refractivity contribution in [2.24, 2.45) is 0 Å². The van der Waals surface area contributed by atoms with Crippen molar-refractivity contribution >= 4 is 81.5 Å². The summed E-state index contributed by atoms with van der Waals surface area (Å²) in [6.45, 7) is 9.60. The molecular formula is C52H60Br2N10O3S2. The second kappa shape index (κ2) is 26.8. The van der Waals surface area contributed by atoms with Gasteiger partial charge in [-0.05, 0) is 82.0 Å². The molecule has 0 saturated heterocycles. The first kappa shape index (κ1) is 53.2. The first-order valence-electron chi connectivity index (χ1n) is 22.9. The van der Waals surface area contributed by atoms with Gasteiger partial charge in [0.15, 0.2) is 20.7 Å². The summed E-state index contributed by atoms with van der Waals surface area (Å²) < 4.78 is 5.66. The Kier molecular flexibility index (Phi) is 20.6. The van der Waals surface area contributed by atoms with Crippen molar-refractivity contribution < 1.29 is 4.79 Å². The van der Waals surface area contributed by atoms with Crippen LogP contribution >= 0.6 is 54.5 Å². The van der Waals surface area contributed by atoms with Crippen LogP contribution in [0.3, 0.4) is 0 Å². The number of nitrogens with zero attached hydrogens (tertiary/aromatic N) is 9. The molecule has 4 heterocycles. The number of aldehydes is 1. The predicted molar refractivity (Wildman–Crippen MR) is 290 cm³/mol. The Morgan fingerprint density at radius 1 is 0.623 bits per heavy atom. The number of aromatic nitrogens is 6. The fourth-order valence-corrected chi connectivity index (χ4v) is 9.45. The minimum Gasteiger partial charge on any atom is -0.308 e.